The zero-order chi connectivity index (χ0) is 19.4. The molecule has 1 aliphatic heterocycles. The van der Waals surface area contributed by atoms with Crippen molar-refractivity contribution in [3.63, 3.8) is 0 Å². The number of benzene rings is 1. The highest BCUT2D eigenvalue weighted by atomic mass is 16.5. The van der Waals surface area contributed by atoms with Crippen LogP contribution in [0, 0.1) is 17.8 Å². The van der Waals surface area contributed by atoms with Crippen molar-refractivity contribution in [2.45, 2.75) is 52.0 Å². The standard InChI is InChI=1S/C22H32N2O3/c1-15(2)20(23-21(25)18-10-6-7-11-19(18)27-3)22(26)24-13-12-16-8-4-5-9-17(16)14-24/h6-7,10-11,15-17,20H,4-5,8-9,12-14H2,1-3H3,(H,23,25)/t16-,17-,20+/m1/s1. The Morgan fingerprint density at radius 1 is 1.11 bits per heavy atom. The minimum Gasteiger partial charge on any atom is -0.496 e. The number of amides is 2. The summed E-state index contributed by atoms with van der Waals surface area (Å²) < 4.78 is 5.29. The van der Waals surface area contributed by atoms with Crippen molar-refractivity contribution >= 4 is 11.8 Å². The monoisotopic (exact) mass is 372 g/mol. The zero-order valence-electron chi connectivity index (χ0n) is 16.7. The van der Waals surface area contributed by atoms with Gasteiger partial charge in [-0.15, -0.1) is 0 Å². The molecule has 27 heavy (non-hydrogen) atoms. The molecule has 0 bridgehead atoms. The second-order valence-corrected chi connectivity index (χ2v) is 8.27. The third-order valence-electron chi connectivity index (χ3n) is 6.17. The van der Waals surface area contributed by atoms with Gasteiger partial charge in [0, 0.05) is 13.1 Å². The van der Waals surface area contributed by atoms with E-state index in [1.54, 1.807) is 25.3 Å². The number of hydrogen-bond donors (Lipinski definition) is 1. The summed E-state index contributed by atoms with van der Waals surface area (Å²) in [5.74, 6) is 1.76. The number of likely N-dealkylation sites (tertiary alicyclic amines) is 1. The smallest absolute Gasteiger partial charge is 0.255 e. The highest BCUT2D eigenvalue weighted by Crippen LogP contribution is 2.36. The molecule has 1 saturated carbocycles. The molecule has 2 amide bonds. The van der Waals surface area contributed by atoms with Crippen LogP contribution in [-0.2, 0) is 4.79 Å². The Labute approximate surface area is 162 Å². The Bertz CT molecular complexity index is 673. The first-order chi connectivity index (χ1) is 13.0. The van der Waals surface area contributed by atoms with Crippen LogP contribution in [0.2, 0.25) is 0 Å². The molecule has 2 fully saturated rings. The van der Waals surface area contributed by atoms with Gasteiger partial charge in [-0.2, -0.15) is 0 Å². The maximum Gasteiger partial charge on any atom is 0.255 e. The fraction of sp³-hybridized carbons (Fsp3) is 0.636. The third kappa shape index (κ3) is 4.45. The molecule has 3 atom stereocenters. The Balaban J connectivity index is 1.69. The lowest BCUT2D eigenvalue weighted by molar-refractivity contribution is -0.137. The summed E-state index contributed by atoms with van der Waals surface area (Å²) in [7, 11) is 1.55. The number of fused-ring (bicyclic) bond motifs is 1. The second kappa shape index (κ2) is 8.77. The molecule has 1 saturated heterocycles. The minimum atomic E-state index is -0.512. The normalized spacial score (nSPS) is 23.5. The van der Waals surface area contributed by atoms with E-state index in [0.717, 1.165) is 25.4 Å². The first kappa shape index (κ1) is 19.7. The lowest BCUT2D eigenvalue weighted by Crippen LogP contribution is -2.54. The molecule has 5 nitrogen and oxygen atoms in total. The van der Waals surface area contributed by atoms with Crippen LogP contribution in [0.3, 0.4) is 0 Å². The number of methoxy groups -OCH3 is 1. The molecule has 0 aromatic heterocycles. The molecular formula is C22H32N2O3. The van der Waals surface area contributed by atoms with Crippen LogP contribution in [0.25, 0.3) is 0 Å². The van der Waals surface area contributed by atoms with Gasteiger partial charge in [-0.25, -0.2) is 0 Å². The lowest BCUT2D eigenvalue weighted by atomic mass is 9.75. The van der Waals surface area contributed by atoms with Crippen LogP contribution in [0.5, 0.6) is 5.75 Å². The summed E-state index contributed by atoms with van der Waals surface area (Å²) in [5, 5.41) is 2.97. The fourth-order valence-electron chi connectivity index (χ4n) is 4.56. The predicted octanol–water partition coefficient (Wildman–Crippen LogP) is 3.49. The summed E-state index contributed by atoms with van der Waals surface area (Å²) in [6, 6.07) is 6.60. The highest BCUT2D eigenvalue weighted by Gasteiger charge is 2.36. The van der Waals surface area contributed by atoms with Crippen LogP contribution >= 0.6 is 0 Å². The van der Waals surface area contributed by atoms with Crippen LogP contribution in [0.4, 0.5) is 0 Å². The van der Waals surface area contributed by atoms with E-state index >= 15 is 0 Å². The van der Waals surface area contributed by atoms with Crippen molar-refractivity contribution < 1.29 is 14.3 Å². The molecule has 1 aromatic carbocycles. The number of carbonyl (C=O) groups excluding carboxylic acids is 2. The first-order valence-electron chi connectivity index (χ1n) is 10.2. The van der Waals surface area contributed by atoms with Crippen LogP contribution in [0.15, 0.2) is 24.3 Å². The quantitative estimate of drug-likeness (QED) is 0.861. The van der Waals surface area contributed by atoms with E-state index in [0.29, 0.717) is 17.2 Å². The van der Waals surface area contributed by atoms with Gasteiger partial charge in [0.25, 0.3) is 5.91 Å². The number of hydrogen-bond acceptors (Lipinski definition) is 3. The van der Waals surface area contributed by atoms with Crippen molar-refractivity contribution in [2.24, 2.45) is 17.8 Å². The molecule has 1 heterocycles. The molecule has 1 aliphatic carbocycles. The number of para-hydroxylation sites is 1. The Morgan fingerprint density at radius 2 is 1.81 bits per heavy atom. The topological polar surface area (TPSA) is 58.6 Å². The van der Waals surface area contributed by atoms with Crippen LogP contribution < -0.4 is 10.1 Å². The van der Waals surface area contributed by atoms with Gasteiger partial charge in [-0.05, 0) is 42.7 Å². The number of carbonyl (C=O) groups is 2. The zero-order valence-corrected chi connectivity index (χ0v) is 16.7. The van der Waals surface area contributed by atoms with Crippen LogP contribution in [0.1, 0.15) is 56.3 Å². The van der Waals surface area contributed by atoms with Crippen molar-refractivity contribution in [1.29, 1.82) is 0 Å². The van der Waals surface area contributed by atoms with Crippen molar-refractivity contribution in [3.05, 3.63) is 29.8 Å². The lowest BCUT2D eigenvalue weighted by Gasteiger charge is -2.42. The molecule has 0 radical (unpaired) electrons. The van der Waals surface area contributed by atoms with Gasteiger partial charge >= 0.3 is 0 Å². The van der Waals surface area contributed by atoms with E-state index in [4.69, 9.17) is 4.74 Å². The van der Waals surface area contributed by atoms with Gasteiger partial charge in [0.1, 0.15) is 11.8 Å². The van der Waals surface area contributed by atoms with Gasteiger partial charge in [0.05, 0.1) is 12.7 Å². The number of piperidine rings is 1. The average molecular weight is 373 g/mol. The van der Waals surface area contributed by atoms with Gasteiger partial charge < -0.3 is 15.0 Å². The molecule has 1 N–H and O–H groups in total. The molecule has 0 spiro atoms. The average Bonchev–Trinajstić information content (AvgIpc) is 2.70. The molecule has 148 valence electrons. The van der Waals surface area contributed by atoms with Crippen LogP contribution in [-0.4, -0.2) is 43.0 Å². The summed E-state index contributed by atoms with van der Waals surface area (Å²) >= 11 is 0. The third-order valence-corrected chi connectivity index (χ3v) is 6.17. The number of ether oxygens (including phenoxy) is 1. The Hall–Kier alpha value is -2.04. The van der Waals surface area contributed by atoms with E-state index in [-0.39, 0.29) is 17.7 Å². The number of nitrogens with zero attached hydrogens (tertiary/aromatic N) is 1. The van der Waals surface area contributed by atoms with E-state index in [2.05, 4.69) is 5.32 Å². The number of nitrogens with one attached hydrogen (secondary N) is 1. The summed E-state index contributed by atoms with van der Waals surface area (Å²) in [4.78, 5) is 28.0. The largest absolute Gasteiger partial charge is 0.496 e. The van der Waals surface area contributed by atoms with Crippen molar-refractivity contribution in [2.75, 3.05) is 20.2 Å². The summed E-state index contributed by atoms with van der Waals surface area (Å²) in [6.45, 7) is 5.63. The van der Waals surface area contributed by atoms with Crippen molar-refractivity contribution in [1.82, 2.24) is 10.2 Å². The van der Waals surface area contributed by atoms with E-state index in [1.807, 2.05) is 24.8 Å². The maximum absolute atomic E-state index is 13.2. The first-order valence-corrected chi connectivity index (χ1v) is 10.2. The van der Waals surface area contributed by atoms with E-state index in [9.17, 15) is 9.59 Å². The fourth-order valence-corrected chi connectivity index (χ4v) is 4.56. The molecule has 1 aromatic rings. The number of rotatable bonds is 5. The van der Waals surface area contributed by atoms with Gasteiger partial charge in [0.15, 0.2) is 0 Å². The van der Waals surface area contributed by atoms with E-state index < -0.39 is 6.04 Å². The maximum atomic E-state index is 13.2. The summed E-state index contributed by atoms with van der Waals surface area (Å²) in [5.41, 5.74) is 0.462. The minimum absolute atomic E-state index is 0.0280. The SMILES string of the molecule is COc1ccccc1C(=O)N[C@H](C(=O)N1CC[C@H]2CCCC[C@@H]2C1)C(C)C. The van der Waals surface area contributed by atoms with Gasteiger partial charge in [-0.1, -0.05) is 45.2 Å². The van der Waals surface area contributed by atoms with E-state index in [1.165, 1.54) is 25.7 Å². The molecular weight excluding hydrogens is 340 g/mol. The van der Waals surface area contributed by atoms with Gasteiger partial charge in [-0.3, -0.25) is 9.59 Å². The predicted molar refractivity (Wildman–Crippen MR) is 106 cm³/mol. The molecule has 5 heteroatoms. The molecule has 2 aliphatic rings. The molecule has 0 unspecified atom stereocenters. The van der Waals surface area contributed by atoms with Gasteiger partial charge in [0.2, 0.25) is 5.91 Å². The summed E-state index contributed by atoms with van der Waals surface area (Å²) in [6.07, 6.45) is 6.25. The second-order valence-electron chi connectivity index (χ2n) is 8.27. The molecule has 3 rings (SSSR count). The Kier molecular flexibility index (Phi) is 6.40. The highest BCUT2D eigenvalue weighted by molar-refractivity contribution is 5.99. The Morgan fingerprint density at radius 3 is 2.52 bits per heavy atom. The van der Waals surface area contributed by atoms with Crippen molar-refractivity contribution in [3.8, 4) is 5.75 Å².